The molecule has 2 saturated heterocycles. The normalized spacial score (nSPS) is 34.9. The van der Waals surface area contributed by atoms with Gasteiger partial charge >= 0.3 is 6.03 Å². The number of amides is 2. The summed E-state index contributed by atoms with van der Waals surface area (Å²) < 4.78 is 11.6. The lowest BCUT2D eigenvalue weighted by Crippen LogP contribution is -2.59. The van der Waals surface area contributed by atoms with Crippen molar-refractivity contribution in [2.45, 2.75) is 56.8 Å². The Kier molecular flexibility index (Phi) is 3.91. The fourth-order valence-electron chi connectivity index (χ4n) is 3.85. The van der Waals surface area contributed by atoms with Crippen LogP contribution in [0, 0.1) is 0 Å². The van der Waals surface area contributed by atoms with E-state index in [9.17, 15) is 4.79 Å². The van der Waals surface area contributed by atoms with Crippen LogP contribution in [0.4, 0.5) is 4.79 Å². The fourth-order valence-corrected chi connectivity index (χ4v) is 3.85. The summed E-state index contributed by atoms with van der Waals surface area (Å²) in [6, 6.07) is 0.592. The molecule has 2 heterocycles. The Bertz CT molecular complexity index is 362. The molecule has 0 N–H and O–H groups in total. The Hall–Kier alpha value is -0.810. The van der Waals surface area contributed by atoms with Crippen LogP contribution in [0.15, 0.2) is 0 Å². The first-order valence-corrected chi connectivity index (χ1v) is 7.87. The summed E-state index contributed by atoms with van der Waals surface area (Å²) >= 11 is 0. The zero-order valence-corrected chi connectivity index (χ0v) is 12.6. The van der Waals surface area contributed by atoms with Gasteiger partial charge in [0.15, 0.2) is 0 Å². The number of rotatable bonds is 1. The summed E-state index contributed by atoms with van der Waals surface area (Å²) in [5.41, 5.74) is -0.260. The van der Waals surface area contributed by atoms with Gasteiger partial charge in [-0.25, -0.2) is 4.79 Å². The van der Waals surface area contributed by atoms with E-state index in [1.807, 2.05) is 16.8 Å². The predicted octanol–water partition coefficient (Wildman–Crippen LogP) is 1.86. The van der Waals surface area contributed by atoms with Crippen LogP contribution >= 0.6 is 0 Å². The van der Waals surface area contributed by atoms with Crippen molar-refractivity contribution in [1.82, 2.24) is 9.80 Å². The van der Waals surface area contributed by atoms with E-state index >= 15 is 0 Å². The van der Waals surface area contributed by atoms with Crippen molar-refractivity contribution in [3.63, 3.8) is 0 Å². The summed E-state index contributed by atoms with van der Waals surface area (Å²) in [6.07, 6.45) is 5.78. The van der Waals surface area contributed by atoms with Gasteiger partial charge in [-0.15, -0.1) is 0 Å². The van der Waals surface area contributed by atoms with Crippen molar-refractivity contribution in [3.8, 4) is 0 Å². The molecule has 3 aliphatic rings. The SMILES string of the molecule is C[C@H]1CN(C(=O)N(C)C2CCCC2)C[C@]2(CCOC2)O1. The van der Waals surface area contributed by atoms with E-state index < -0.39 is 0 Å². The maximum atomic E-state index is 12.7. The fraction of sp³-hybridized carbons (Fsp3) is 0.933. The molecule has 1 spiro atoms. The van der Waals surface area contributed by atoms with Crippen LogP contribution in [-0.2, 0) is 9.47 Å². The smallest absolute Gasteiger partial charge is 0.320 e. The summed E-state index contributed by atoms with van der Waals surface area (Å²) in [7, 11) is 1.95. The van der Waals surface area contributed by atoms with E-state index in [2.05, 4.69) is 6.92 Å². The standard InChI is InChI=1S/C15H26N2O3/c1-12-9-17(10-15(20-12)7-8-19-11-15)14(18)16(2)13-5-3-4-6-13/h12-13H,3-11H2,1-2H3/t12-,15-/m0/s1. The average Bonchev–Trinajstić information content (AvgIpc) is 3.08. The van der Waals surface area contributed by atoms with Crippen molar-refractivity contribution in [2.75, 3.05) is 33.4 Å². The molecule has 114 valence electrons. The zero-order valence-electron chi connectivity index (χ0n) is 12.6. The Labute approximate surface area is 121 Å². The second-order valence-electron chi connectivity index (χ2n) is 6.63. The van der Waals surface area contributed by atoms with E-state index in [1.165, 1.54) is 12.8 Å². The molecule has 0 aromatic rings. The molecule has 1 saturated carbocycles. The topological polar surface area (TPSA) is 42.0 Å². The molecule has 20 heavy (non-hydrogen) atoms. The molecular weight excluding hydrogens is 256 g/mol. The average molecular weight is 282 g/mol. The lowest BCUT2D eigenvalue weighted by Gasteiger charge is -2.44. The van der Waals surface area contributed by atoms with Crippen LogP contribution in [0.2, 0.25) is 0 Å². The van der Waals surface area contributed by atoms with Gasteiger partial charge in [-0.3, -0.25) is 0 Å². The van der Waals surface area contributed by atoms with Gasteiger partial charge in [0.25, 0.3) is 0 Å². The van der Waals surface area contributed by atoms with E-state index in [0.717, 1.165) is 25.9 Å². The lowest BCUT2D eigenvalue weighted by molar-refractivity contribution is -0.139. The van der Waals surface area contributed by atoms with Crippen LogP contribution < -0.4 is 0 Å². The highest BCUT2D eigenvalue weighted by Gasteiger charge is 2.44. The van der Waals surface area contributed by atoms with E-state index in [-0.39, 0.29) is 17.7 Å². The third kappa shape index (κ3) is 2.66. The van der Waals surface area contributed by atoms with Gasteiger partial charge in [-0.2, -0.15) is 0 Å². The molecule has 1 aliphatic carbocycles. The lowest BCUT2D eigenvalue weighted by atomic mass is 9.99. The van der Waals surface area contributed by atoms with Gasteiger partial charge < -0.3 is 19.3 Å². The molecule has 0 unspecified atom stereocenters. The molecule has 5 heteroatoms. The Balaban J connectivity index is 1.67. The van der Waals surface area contributed by atoms with E-state index in [4.69, 9.17) is 9.47 Å². The highest BCUT2D eigenvalue weighted by atomic mass is 16.6. The Morgan fingerprint density at radius 1 is 1.35 bits per heavy atom. The van der Waals surface area contributed by atoms with E-state index in [0.29, 0.717) is 25.7 Å². The van der Waals surface area contributed by atoms with Crippen molar-refractivity contribution < 1.29 is 14.3 Å². The van der Waals surface area contributed by atoms with Crippen molar-refractivity contribution in [1.29, 1.82) is 0 Å². The Morgan fingerprint density at radius 3 is 2.75 bits per heavy atom. The molecule has 3 fully saturated rings. The second-order valence-corrected chi connectivity index (χ2v) is 6.63. The van der Waals surface area contributed by atoms with Crippen LogP contribution in [-0.4, -0.2) is 66.9 Å². The number of hydrogen-bond acceptors (Lipinski definition) is 3. The number of carbonyl (C=O) groups is 1. The second kappa shape index (κ2) is 5.53. The third-order valence-electron chi connectivity index (χ3n) is 4.92. The molecular formula is C15H26N2O3. The van der Waals surface area contributed by atoms with Gasteiger partial charge in [-0.1, -0.05) is 12.8 Å². The van der Waals surface area contributed by atoms with Crippen molar-refractivity contribution in [2.24, 2.45) is 0 Å². The molecule has 5 nitrogen and oxygen atoms in total. The van der Waals surface area contributed by atoms with Crippen molar-refractivity contribution >= 4 is 6.03 Å². The molecule has 0 radical (unpaired) electrons. The third-order valence-corrected chi connectivity index (χ3v) is 4.92. The van der Waals surface area contributed by atoms with Crippen molar-refractivity contribution in [3.05, 3.63) is 0 Å². The molecule has 2 amide bonds. The number of morpholine rings is 1. The minimum absolute atomic E-state index is 0.0892. The van der Waals surface area contributed by atoms with Crippen LogP contribution in [0.1, 0.15) is 39.0 Å². The van der Waals surface area contributed by atoms with Gasteiger partial charge in [0.2, 0.25) is 0 Å². The first-order valence-electron chi connectivity index (χ1n) is 7.87. The number of carbonyl (C=O) groups excluding carboxylic acids is 1. The highest BCUT2D eigenvalue weighted by Crippen LogP contribution is 2.31. The quantitative estimate of drug-likeness (QED) is 0.737. The largest absolute Gasteiger partial charge is 0.378 e. The van der Waals surface area contributed by atoms with E-state index in [1.54, 1.807) is 0 Å². The molecule has 0 bridgehead atoms. The molecule has 0 aromatic carbocycles. The zero-order chi connectivity index (χ0) is 14.2. The predicted molar refractivity (Wildman–Crippen MR) is 75.7 cm³/mol. The number of ether oxygens (including phenoxy) is 2. The number of hydrogen-bond donors (Lipinski definition) is 0. The summed E-state index contributed by atoms with van der Waals surface area (Å²) in [5.74, 6) is 0. The summed E-state index contributed by atoms with van der Waals surface area (Å²) in [6.45, 7) is 4.78. The number of nitrogens with zero attached hydrogens (tertiary/aromatic N) is 2. The number of urea groups is 1. The monoisotopic (exact) mass is 282 g/mol. The summed E-state index contributed by atoms with van der Waals surface area (Å²) in [4.78, 5) is 16.7. The van der Waals surface area contributed by atoms with Gasteiger partial charge in [0, 0.05) is 32.7 Å². The highest BCUT2D eigenvalue weighted by molar-refractivity contribution is 5.74. The first kappa shape index (κ1) is 14.1. The maximum Gasteiger partial charge on any atom is 0.320 e. The minimum Gasteiger partial charge on any atom is -0.378 e. The van der Waals surface area contributed by atoms with Gasteiger partial charge in [0.1, 0.15) is 5.60 Å². The first-order chi connectivity index (χ1) is 9.60. The maximum absolute atomic E-state index is 12.7. The molecule has 3 rings (SSSR count). The Morgan fingerprint density at radius 2 is 2.10 bits per heavy atom. The summed E-state index contributed by atoms with van der Waals surface area (Å²) in [5, 5.41) is 0. The molecule has 2 atom stereocenters. The van der Waals surface area contributed by atoms with Gasteiger partial charge in [-0.05, 0) is 19.8 Å². The van der Waals surface area contributed by atoms with Crippen LogP contribution in [0.25, 0.3) is 0 Å². The van der Waals surface area contributed by atoms with Gasteiger partial charge in [0.05, 0.1) is 19.3 Å². The minimum atomic E-state index is -0.260. The molecule has 0 aromatic heterocycles. The van der Waals surface area contributed by atoms with Crippen LogP contribution in [0.3, 0.4) is 0 Å². The molecule has 2 aliphatic heterocycles. The van der Waals surface area contributed by atoms with Crippen LogP contribution in [0.5, 0.6) is 0 Å².